The molecule has 1 rings (SSSR count). The first-order valence-corrected chi connectivity index (χ1v) is 42.9. The van der Waals surface area contributed by atoms with Crippen LogP contribution in [0, 0.1) is 0 Å². The Labute approximate surface area is 606 Å². The summed E-state index contributed by atoms with van der Waals surface area (Å²) >= 11 is 0. The summed E-state index contributed by atoms with van der Waals surface area (Å²) in [4.78, 5) is 25.2. The molecular weight excluding hydrogens is 1220 g/mol. The summed E-state index contributed by atoms with van der Waals surface area (Å²) in [7, 11) is 0. The molecular formula is C87H163NO10. The van der Waals surface area contributed by atoms with Crippen LogP contribution in [0.25, 0.3) is 0 Å². The number of aliphatic hydroxyl groups is 5. The van der Waals surface area contributed by atoms with Gasteiger partial charge in [-0.25, -0.2) is 0 Å². The van der Waals surface area contributed by atoms with Crippen molar-refractivity contribution in [3.8, 4) is 0 Å². The molecule has 7 atom stereocenters. The van der Waals surface area contributed by atoms with E-state index in [0.29, 0.717) is 19.4 Å². The second-order valence-electron chi connectivity index (χ2n) is 29.9. The average Bonchev–Trinajstić information content (AvgIpc) is 0.832. The highest BCUT2D eigenvalue weighted by Crippen LogP contribution is 2.24. The van der Waals surface area contributed by atoms with Crippen molar-refractivity contribution in [2.45, 2.75) is 474 Å². The van der Waals surface area contributed by atoms with Crippen LogP contribution in [0.1, 0.15) is 431 Å². The third-order valence-corrected chi connectivity index (χ3v) is 20.4. The van der Waals surface area contributed by atoms with E-state index in [1.54, 1.807) is 6.08 Å². The van der Waals surface area contributed by atoms with Crippen LogP contribution in [-0.2, 0) is 23.8 Å². The molecule has 6 N–H and O–H groups in total. The summed E-state index contributed by atoms with van der Waals surface area (Å²) < 4.78 is 16.8. The monoisotopic (exact) mass is 1380 g/mol. The lowest BCUT2D eigenvalue weighted by atomic mass is 9.99. The van der Waals surface area contributed by atoms with Crippen molar-refractivity contribution in [3.05, 3.63) is 48.6 Å². The molecule has 11 heteroatoms. The van der Waals surface area contributed by atoms with Gasteiger partial charge in [-0.05, 0) is 89.9 Å². The first-order valence-electron chi connectivity index (χ1n) is 42.9. The number of hydrogen-bond donors (Lipinski definition) is 6. The average molecular weight is 1380 g/mol. The van der Waals surface area contributed by atoms with Crippen LogP contribution < -0.4 is 5.32 Å². The number of esters is 1. The van der Waals surface area contributed by atoms with Gasteiger partial charge in [-0.2, -0.15) is 0 Å². The van der Waals surface area contributed by atoms with Gasteiger partial charge in [0.1, 0.15) is 24.4 Å². The van der Waals surface area contributed by atoms with Crippen molar-refractivity contribution >= 4 is 11.9 Å². The van der Waals surface area contributed by atoms with E-state index in [9.17, 15) is 35.1 Å². The topological polar surface area (TPSA) is 175 Å². The maximum absolute atomic E-state index is 13.1. The highest BCUT2D eigenvalue weighted by Gasteiger charge is 2.44. The molecule has 1 fully saturated rings. The summed E-state index contributed by atoms with van der Waals surface area (Å²) in [5, 5.41) is 54.6. The Morgan fingerprint density at radius 2 is 0.684 bits per heavy atom. The second-order valence-corrected chi connectivity index (χ2v) is 29.9. The molecule has 0 aromatic rings. The van der Waals surface area contributed by atoms with E-state index in [1.807, 2.05) is 6.08 Å². The minimum atomic E-state index is -1.57. The van der Waals surface area contributed by atoms with Gasteiger partial charge in [0, 0.05) is 12.8 Å². The van der Waals surface area contributed by atoms with Gasteiger partial charge in [0.05, 0.1) is 32.0 Å². The molecule has 1 saturated heterocycles. The Morgan fingerprint density at radius 1 is 0.378 bits per heavy atom. The van der Waals surface area contributed by atoms with E-state index in [-0.39, 0.29) is 18.5 Å². The van der Waals surface area contributed by atoms with Gasteiger partial charge in [-0.15, -0.1) is 0 Å². The maximum atomic E-state index is 13.1. The fourth-order valence-corrected chi connectivity index (χ4v) is 13.7. The summed E-state index contributed by atoms with van der Waals surface area (Å²) in [5.74, 6) is -0.162. The SMILES string of the molecule is CCCCCCCC/C=C\CCCCCCCCCCCC(=O)OCCCCCCCCCCCCCCCCC/C=C\C/C=C\CCCCCCCCCCCCCCCCCCCC(=O)NC(COC1OC(CO)C(O)C(O)C1O)C(O)/C=C/CCCCCCCCCCCC. The molecule has 0 aromatic carbocycles. The fourth-order valence-electron chi connectivity index (χ4n) is 13.7. The highest BCUT2D eigenvalue weighted by atomic mass is 16.7. The predicted molar refractivity (Wildman–Crippen MR) is 417 cm³/mol. The first kappa shape index (κ1) is 93.6. The number of nitrogens with one attached hydrogen (secondary N) is 1. The minimum absolute atomic E-state index is 0.0149. The van der Waals surface area contributed by atoms with Gasteiger partial charge in [-0.1, -0.05) is 377 Å². The Kier molecular flexibility index (Phi) is 72.4. The van der Waals surface area contributed by atoms with E-state index in [2.05, 4.69) is 55.6 Å². The Balaban J connectivity index is 1.87. The van der Waals surface area contributed by atoms with Gasteiger partial charge in [0.15, 0.2) is 6.29 Å². The quantitative estimate of drug-likeness (QED) is 0.0195. The van der Waals surface area contributed by atoms with Crippen molar-refractivity contribution in [1.82, 2.24) is 5.32 Å². The molecule has 1 amide bonds. The summed E-state index contributed by atoms with van der Waals surface area (Å²) in [5.41, 5.74) is 0. The maximum Gasteiger partial charge on any atom is 0.305 e. The number of rotatable bonds is 77. The molecule has 1 aliphatic rings. The highest BCUT2D eigenvalue weighted by molar-refractivity contribution is 5.76. The molecule has 98 heavy (non-hydrogen) atoms. The molecule has 0 aliphatic carbocycles. The van der Waals surface area contributed by atoms with E-state index >= 15 is 0 Å². The van der Waals surface area contributed by atoms with Crippen molar-refractivity contribution in [3.63, 3.8) is 0 Å². The van der Waals surface area contributed by atoms with Gasteiger partial charge in [0.25, 0.3) is 0 Å². The van der Waals surface area contributed by atoms with Crippen LogP contribution in [0.4, 0.5) is 0 Å². The largest absolute Gasteiger partial charge is 0.466 e. The molecule has 7 unspecified atom stereocenters. The molecule has 0 spiro atoms. The van der Waals surface area contributed by atoms with Crippen LogP contribution in [0.2, 0.25) is 0 Å². The number of allylic oxidation sites excluding steroid dienone is 7. The molecule has 11 nitrogen and oxygen atoms in total. The van der Waals surface area contributed by atoms with Gasteiger partial charge in [0.2, 0.25) is 5.91 Å². The number of amides is 1. The number of unbranched alkanes of at least 4 members (excludes halogenated alkanes) is 57. The van der Waals surface area contributed by atoms with E-state index in [1.165, 1.54) is 340 Å². The first-order chi connectivity index (χ1) is 48.2. The molecule has 0 bridgehead atoms. The molecule has 0 aromatic heterocycles. The normalized spacial score (nSPS) is 17.4. The summed E-state index contributed by atoms with van der Waals surface area (Å²) in [6.45, 7) is 4.39. The van der Waals surface area contributed by atoms with E-state index in [0.717, 1.165) is 64.2 Å². The van der Waals surface area contributed by atoms with E-state index in [4.69, 9.17) is 14.2 Å². The van der Waals surface area contributed by atoms with Crippen LogP contribution in [0.3, 0.4) is 0 Å². The van der Waals surface area contributed by atoms with Gasteiger partial charge >= 0.3 is 5.97 Å². The zero-order valence-corrected chi connectivity index (χ0v) is 64.5. The van der Waals surface area contributed by atoms with Crippen molar-refractivity contribution in [2.24, 2.45) is 0 Å². The lowest BCUT2D eigenvalue weighted by Gasteiger charge is -2.40. The van der Waals surface area contributed by atoms with Gasteiger partial charge in [-0.3, -0.25) is 9.59 Å². The Morgan fingerprint density at radius 3 is 1.04 bits per heavy atom. The molecule has 1 aliphatic heterocycles. The molecule has 1 heterocycles. The van der Waals surface area contributed by atoms with Crippen LogP contribution >= 0.6 is 0 Å². The van der Waals surface area contributed by atoms with E-state index < -0.39 is 49.5 Å². The van der Waals surface area contributed by atoms with Crippen LogP contribution in [0.5, 0.6) is 0 Å². The molecule has 0 radical (unpaired) electrons. The van der Waals surface area contributed by atoms with Crippen LogP contribution in [-0.4, -0.2) is 100 Å². The summed E-state index contributed by atoms with van der Waals surface area (Å²) in [6.07, 6.45) is 91.7. The lowest BCUT2D eigenvalue weighted by Crippen LogP contribution is -2.60. The Bertz CT molecular complexity index is 1770. The fraction of sp³-hybridized carbons (Fsp3) is 0.885. The third-order valence-electron chi connectivity index (χ3n) is 20.4. The smallest absolute Gasteiger partial charge is 0.305 e. The third kappa shape index (κ3) is 63.3. The predicted octanol–water partition coefficient (Wildman–Crippen LogP) is 23.8. The zero-order chi connectivity index (χ0) is 70.8. The number of aliphatic hydroxyl groups excluding tert-OH is 5. The standard InChI is InChI=1S/C87H163NO10/c1-3-5-7-9-11-13-15-17-18-19-41-45-48-51-55-59-63-67-71-75-83(92)96-76-72-68-64-60-56-52-49-46-43-40-38-36-34-32-30-28-26-24-22-20-21-23-25-27-29-31-33-35-37-39-42-44-47-50-54-58-62-66-70-74-82(91)88-79(78-97-87-86(95)85(94)84(93)81(77-89)98-87)80(90)73-69-65-61-57-53-16-14-12-10-8-6-4-2/h17-18,20-21,24,26,69,73,79-81,84-87,89-90,93-95H,3-16,19,22-23,25,27-68,70-72,74-78H2,1-2H3,(H,88,91)/b18-17-,21-20-,26-24-,73-69+. The van der Waals surface area contributed by atoms with Gasteiger partial charge < -0.3 is 45.1 Å². The van der Waals surface area contributed by atoms with Crippen molar-refractivity contribution in [1.29, 1.82) is 0 Å². The molecule has 0 saturated carbocycles. The van der Waals surface area contributed by atoms with Crippen LogP contribution in [0.15, 0.2) is 48.6 Å². The zero-order valence-electron chi connectivity index (χ0n) is 64.5. The van der Waals surface area contributed by atoms with Crippen molar-refractivity contribution < 1.29 is 49.3 Å². The second kappa shape index (κ2) is 75.8. The number of carbonyl (C=O) groups excluding carboxylic acids is 2. The number of carbonyl (C=O) groups is 2. The number of ether oxygens (including phenoxy) is 3. The van der Waals surface area contributed by atoms with Crippen molar-refractivity contribution in [2.75, 3.05) is 19.8 Å². The number of hydrogen-bond acceptors (Lipinski definition) is 10. The molecule has 576 valence electrons. The minimum Gasteiger partial charge on any atom is -0.466 e. The lowest BCUT2D eigenvalue weighted by molar-refractivity contribution is -0.302. The summed E-state index contributed by atoms with van der Waals surface area (Å²) in [6, 6.07) is -0.808. The Hall–Kier alpha value is -2.38.